The Labute approximate surface area is 151 Å². The number of benzene rings is 1. The summed E-state index contributed by atoms with van der Waals surface area (Å²) in [6, 6.07) is 4.65. The lowest BCUT2D eigenvalue weighted by Crippen LogP contribution is -2.21. The van der Waals surface area contributed by atoms with E-state index in [1.165, 1.54) is 23.0 Å². The Morgan fingerprint density at radius 1 is 1.00 bits per heavy atom. The monoisotopic (exact) mass is 397 g/mol. The summed E-state index contributed by atoms with van der Waals surface area (Å²) in [5.41, 5.74) is 0.255. The van der Waals surface area contributed by atoms with Crippen LogP contribution in [0.2, 0.25) is 10.0 Å². The Kier molecular flexibility index (Phi) is 5.15. The van der Waals surface area contributed by atoms with Gasteiger partial charge in [-0.2, -0.15) is 0 Å². The predicted octanol–water partition coefficient (Wildman–Crippen LogP) is 5.12. The summed E-state index contributed by atoms with van der Waals surface area (Å²) in [5.74, 6) is -1.27. The molecule has 1 aromatic carbocycles. The van der Waals surface area contributed by atoms with Gasteiger partial charge in [0.2, 0.25) is 5.78 Å². The van der Waals surface area contributed by atoms with E-state index in [1.54, 1.807) is 19.2 Å². The van der Waals surface area contributed by atoms with Gasteiger partial charge in [0.1, 0.15) is 0 Å². The first-order chi connectivity index (χ1) is 10.1. The van der Waals surface area contributed by atoms with E-state index < -0.39 is 15.4 Å². The third kappa shape index (κ3) is 3.44. The standard InChI is InChI=1S/C14H8Cl5NO2/c1-20-5-8(9(6-20)13(22)14(17,18)19)12(21)7-3-2-4-10(15)11(7)16/h2-6H,1H3. The minimum Gasteiger partial charge on any atom is -0.356 e. The lowest BCUT2D eigenvalue weighted by Gasteiger charge is -2.10. The predicted molar refractivity (Wildman–Crippen MR) is 89.9 cm³/mol. The number of hydrogen-bond acceptors (Lipinski definition) is 2. The molecule has 22 heavy (non-hydrogen) atoms. The third-order valence-electron chi connectivity index (χ3n) is 2.90. The van der Waals surface area contributed by atoms with Crippen LogP contribution < -0.4 is 0 Å². The summed E-state index contributed by atoms with van der Waals surface area (Å²) in [5, 5.41) is 0.336. The van der Waals surface area contributed by atoms with Crippen LogP contribution in [-0.4, -0.2) is 19.9 Å². The van der Waals surface area contributed by atoms with Crippen molar-refractivity contribution in [1.82, 2.24) is 4.57 Å². The number of hydrogen-bond donors (Lipinski definition) is 0. The van der Waals surface area contributed by atoms with Crippen LogP contribution >= 0.6 is 58.0 Å². The van der Waals surface area contributed by atoms with Gasteiger partial charge in [-0.05, 0) is 12.1 Å². The molecule has 0 amide bonds. The Bertz CT molecular complexity index is 761. The van der Waals surface area contributed by atoms with Crippen molar-refractivity contribution in [1.29, 1.82) is 0 Å². The SMILES string of the molecule is Cn1cc(C(=O)c2cccc(Cl)c2Cl)c(C(=O)C(Cl)(Cl)Cl)c1. The van der Waals surface area contributed by atoms with Gasteiger partial charge in [0, 0.05) is 25.0 Å². The number of carbonyl (C=O) groups is 2. The summed E-state index contributed by atoms with van der Waals surface area (Å²) in [4.78, 5) is 24.8. The van der Waals surface area contributed by atoms with Crippen LogP contribution in [0.4, 0.5) is 0 Å². The van der Waals surface area contributed by atoms with Crippen molar-refractivity contribution in [2.24, 2.45) is 7.05 Å². The Balaban J connectivity index is 2.56. The quantitative estimate of drug-likeness (QED) is 0.531. The van der Waals surface area contributed by atoms with Crippen LogP contribution in [0.3, 0.4) is 0 Å². The van der Waals surface area contributed by atoms with Gasteiger partial charge in [0.25, 0.3) is 3.79 Å². The molecule has 0 fully saturated rings. The summed E-state index contributed by atoms with van der Waals surface area (Å²) < 4.78 is -0.635. The molecule has 0 radical (unpaired) electrons. The van der Waals surface area contributed by atoms with Gasteiger partial charge in [0.15, 0.2) is 5.78 Å². The van der Waals surface area contributed by atoms with E-state index in [1.807, 2.05) is 0 Å². The summed E-state index contributed by atoms with van der Waals surface area (Å²) >= 11 is 28.8. The number of aromatic nitrogens is 1. The first-order valence-electron chi connectivity index (χ1n) is 5.89. The number of ketones is 2. The largest absolute Gasteiger partial charge is 0.356 e. The second kappa shape index (κ2) is 6.42. The van der Waals surface area contributed by atoms with Crippen LogP contribution in [0.15, 0.2) is 30.6 Å². The number of aryl methyl sites for hydroxylation is 1. The molecule has 0 unspecified atom stereocenters. The van der Waals surface area contributed by atoms with Gasteiger partial charge in [-0.15, -0.1) is 0 Å². The molecule has 0 atom stereocenters. The zero-order valence-corrected chi connectivity index (χ0v) is 14.8. The number of alkyl halides is 3. The molecule has 0 N–H and O–H groups in total. The zero-order valence-electron chi connectivity index (χ0n) is 11.0. The number of nitrogens with zero attached hydrogens (tertiary/aromatic N) is 1. The van der Waals surface area contributed by atoms with E-state index in [2.05, 4.69) is 0 Å². The average molecular weight is 399 g/mol. The third-order valence-corrected chi connectivity index (χ3v) is 4.23. The van der Waals surface area contributed by atoms with Gasteiger partial charge in [-0.1, -0.05) is 64.1 Å². The highest BCUT2D eigenvalue weighted by atomic mass is 35.6. The van der Waals surface area contributed by atoms with Crippen molar-refractivity contribution < 1.29 is 9.59 Å². The Hall–Kier alpha value is -0.710. The first-order valence-corrected chi connectivity index (χ1v) is 7.78. The van der Waals surface area contributed by atoms with Crippen LogP contribution in [0, 0.1) is 0 Å². The topological polar surface area (TPSA) is 39.1 Å². The number of halogens is 5. The highest BCUT2D eigenvalue weighted by Gasteiger charge is 2.35. The number of carbonyl (C=O) groups excluding carboxylic acids is 2. The molecule has 1 aromatic heterocycles. The smallest absolute Gasteiger partial charge is 0.253 e. The van der Waals surface area contributed by atoms with Gasteiger partial charge in [-0.3, -0.25) is 9.59 Å². The van der Waals surface area contributed by atoms with E-state index in [4.69, 9.17) is 58.0 Å². The van der Waals surface area contributed by atoms with Crippen molar-refractivity contribution in [3.05, 3.63) is 57.3 Å². The Morgan fingerprint density at radius 2 is 1.59 bits per heavy atom. The fourth-order valence-electron chi connectivity index (χ4n) is 1.92. The molecule has 2 rings (SSSR count). The van der Waals surface area contributed by atoms with E-state index in [9.17, 15) is 9.59 Å². The molecule has 0 aliphatic rings. The van der Waals surface area contributed by atoms with Crippen LogP contribution in [-0.2, 0) is 7.05 Å². The maximum absolute atomic E-state index is 12.6. The fourth-order valence-corrected chi connectivity index (χ4v) is 2.61. The van der Waals surface area contributed by atoms with E-state index in [0.717, 1.165) is 0 Å². The number of rotatable bonds is 3. The Morgan fingerprint density at radius 3 is 2.18 bits per heavy atom. The minimum absolute atomic E-state index is 0.00328. The second-order valence-electron chi connectivity index (χ2n) is 4.51. The van der Waals surface area contributed by atoms with Crippen molar-refractivity contribution in [2.45, 2.75) is 3.79 Å². The van der Waals surface area contributed by atoms with Gasteiger partial charge in [0.05, 0.1) is 21.2 Å². The maximum atomic E-state index is 12.6. The maximum Gasteiger partial charge on any atom is 0.253 e. The normalized spacial score (nSPS) is 11.5. The molecule has 1 heterocycles. The molecular formula is C14H8Cl5NO2. The molecule has 0 spiro atoms. The molecule has 0 saturated heterocycles. The van der Waals surface area contributed by atoms with E-state index >= 15 is 0 Å². The lowest BCUT2D eigenvalue weighted by atomic mass is 10.0. The highest BCUT2D eigenvalue weighted by Crippen LogP contribution is 2.33. The molecule has 0 bridgehead atoms. The van der Waals surface area contributed by atoms with Gasteiger partial charge in [-0.25, -0.2) is 0 Å². The first kappa shape index (κ1) is 17.6. The zero-order chi connectivity index (χ0) is 16.7. The molecule has 2 aromatic rings. The molecule has 116 valence electrons. The average Bonchev–Trinajstić information content (AvgIpc) is 2.81. The number of Topliss-reactive ketones (excluding diaryl/α,β-unsaturated/α-hetero) is 1. The molecule has 0 aliphatic carbocycles. The lowest BCUT2D eigenvalue weighted by molar-refractivity contribution is 0.0979. The van der Waals surface area contributed by atoms with Gasteiger partial charge < -0.3 is 4.57 Å². The summed E-state index contributed by atoms with van der Waals surface area (Å²) in [6.07, 6.45) is 2.87. The van der Waals surface area contributed by atoms with Crippen molar-refractivity contribution in [3.8, 4) is 0 Å². The van der Waals surface area contributed by atoms with Gasteiger partial charge >= 0.3 is 0 Å². The van der Waals surface area contributed by atoms with Crippen LogP contribution in [0.1, 0.15) is 26.3 Å². The van der Waals surface area contributed by atoms with Crippen LogP contribution in [0.5, 0.6) is 0 Å². The van der Waals surface area contributed by atoms with Crippen molar-refractivity contribution >= 4 is 69.6 Å². The van der Waals surface area contributed by atoms with Crippen molar-refractivity contribution in [3.63, 3.8) is 0 Å². The van der Waals surface area contributed by atoms with E-state index in [0.29, 0.717) is 0 Å². The minimum atomic E-state index is -2.16. The summed E-state index contributed by atoms with van der Waals surface area (Å²) in [7, 11) is 1.64. The second-order valence-corrected chi connectivity index (χ2v) is 7.57. The van der Waals surface area contributed by atoms with Crippen LogP contribution in [0.25, 0.3) is 0 Å². The highest BCUT2D eigenvalue weighted by molar-refractivity contribution is 6.77. The summed E-state index contributed by atoms with van der Waals surface area (Å²) in [6.45, 7) is 0. The van der Waals surface area contributed by atoms with E-state index in [-0.39, 0.29) is 26.7 Å². The molecular weight excluding hydrogens is 391 g/mol. The fraction of sp³-hybridized carbons (Fsp3) is 0.143. The molecule has 0 aliphatic heterocycles. The molecule has 3 nitrogen and oxygen atoms in total. The molecule has 0 saturated carbocycles. The molecule has 8 heteroatoms. The van der Waals surface area contributed by atoms with Crippen molar-refractivity contribution in [2.75, 3.05) is 0 Å².